The lowest BCUT2D eigenvalue weighted by Gasteiger charge is -2.24. The molecule has 0 unspecified atom stereocenters. The number of hydrogen-bond acceptors (Lipinski definition) is 3. The van der Waals surface area contributed by atoms with Crippen molar-refractivity contribution in [3.05, 3.63) is 45.7 Å². The van der Waals surface area contributed by atoms with Crippen molar-refractivity contribution >= 4 is 16.8 Å². The van der Waals surface area contributed by atoms with Crippen LogP contribution >= 0.6 is 0 Å². The van der Waals surface area contributed by atoms with Crippen LogP contribution in [0.1, 0.15) is 41.7 Å². The predicted molar refractivity (Wildman–Crippen MR) is 89.2 cm³/mol. The molecule has 0 spiro atoms. The average molecular weight is 311 g/mol. The highest BCUT2D eigenvalue weighted by Gasteiger charge is 2.34. The highest BCUT2D eigenvalue weighted by atomic mass is 16.1. The van der Waals surface area contributed by atoms with Gasteiger partial charge in [0.15, 0.2) is 5.43 Å². The van der Waals surface area contributed by atoms with E-state index in [4.69, 9.17) is 5.73 Å². The average Bonchev–Trinajstić information content (AvgIpc) is 2.80. The normalized spacial score (nSPS) is 24.2. The minimum atomic E-state index is -0.514. The van der Waals surface area contributed by atoms with Crippen molar-refractivity contribution in [2.75, 3.05) is 6.54 Å². The number of hydrogen-bond donors (Lipinski definition) is 2. The molecule has 2 heterocycles. The van der Waals surface area contributed by atoms with E-state index >= 15 is 0 Å². The van der Waals surface area contributed by atoms with Crippen LogP contribution in [0.4, 0.5) is 0 Å². The number of carbonyl (C=O) groups is 1. The van der Waals surface area contributed by atoms with E-state index in [0.717, 1.165) is 30.2 Å². The molecule has 3 N–H and O–H groups in total. The standard InChI is InChI=1S/C18H21N3O2/c19-18(23)12-4-5-16-15(7-12)17(22)8-13(20-16)10-21-9-11-2-1-3-14(21)6-11/h4-5,7-8,11,14H,1-3,6,9-10H2,(H2,19,23)(H,20,22)/t11-,14+/m0/s1. The number of likely N-dealkylation sites (tertiary alicyclic amines) is 1. The minimum absolute atomic E-state index is 0.0565. The highest BCUT2D eigenvalue weighted by molar-refractivity contribution is 5.96. The van der Waals surface area contributed by atoms with E-state index in [2.05, 4.69) is 9.88 Å². The third-order valence-electron chi connectivity index (χ3n) is 5.31. The molecule has 2 aliphatic rings. The summed E-state index contributed by atoms with van der Waals surface area (Å²) in [6, 6.07) is 7.33. The molecule has 2 aromatic rings. The fourth-order valence-electron chi connectivity index (χ4n) is 4.19. The summed E-state index contributed by atoms with van der Waals surface area (Å²) in [7, 11) is 0. The van der Waals surface area contributed by atoms with Gasteiger partial charge >= 0.3 is 0 Å². The Morgan fingerprint density at radius 2 is 2.17 bits per heavy atom. The third-order valence-corrected chi connectivity index (χ3v) is 5.31. The number of aromatic amines is 1. The molecule has 0 radical (unpaired) electrons. The van der Waals surface area contributed by atoms with Crippen molar-refractivity contribution < 1.29 is 4.79 Å². The topological polar surface area (TPSA) is 79.2 Å². The molecule has 1 aromatic carbocycles. The fourth-order valence-corrected chi connectivity index (χ4v) is 4.19. The summed E-state index contributed by atoms with van der Waals surface area (Å²) in [5, 5.41) is 0.519. The maximum absolute atomic E-state index is 12.4. The molecule has 1 aliphatic heterocycles. The Kier molecular flexibility index (Phi) is 3.45. The smallest absolute Gasteiger partial charge is 0.248 e. The second-order valence-corrected chi connectivity index (χ2v) is 6.90. The largest absolute Gasteiger partial charge is 0.366 e. The van der Waals surface area contributed by atoms with Crippen LogP contribution in [0.5, 0.6) is 0 Å². The van der Waals surface area contributed by atoms with Gasteiger partial charge in [0.1, 0.15) is 0 Å². The number of pyridine rings is 1. The van der Waals surface area contributed by atoms with Crippen LogP contribution in [0.15, 0.2) is 29.1 Å². The van der Waals surface area contributed by atoms with E-state index in [9.17, 15) is 9.59 Å². The monoisotopic (exact) mass is 311 g/mol. The van der Waals surface area contributed by atoms with Crippen molar-refractivity contribution in [2.45, 2.75) is 38.3 Å². The SMILES string of the molecule is NC(=O)c1ccc2[nH]c(CN3C[C@H]4CCC[C@@H]3C4)cc(=O)c2c1. The van der Waals surface area contributed by atoms with Crippen molar-refractivity contribution in [2.24, 2.45) is 11.7 Å². The summed E-state index contributed by atoms with van der Waals surface area (Å²) < 4.78 is 0. The zero-order chi connectivity index (χ0) is 16.0. The molecule has 1 aromatic heterocycles. The first kappa shape index (κ1) is 14.5. The van der Waals surface area contributed by atoms with Crippen LogP contribution in [-0.4, -0.2) is 28.4 Å². The molecule has 120 valence electrons. The van der Waals surface area contributed by atoms with E-state index in [-0.39, 0.29) is 5.43 Å². The van der Waals surface area contributed by atoms with Gasteiger partial charge in [0.2, 0.25) is 5.91 Å². The molecular weight excluding hydrogens is 290 g/mol. The molecule has 2 atom stereocenters. The maximum Gasteiger partial charge on any atom is 0.248 e. The number of rotatable bonds is 3. The lowest BCUT2D eigenvalue weighted by atomic mass is 9.90. The third kappa shape index (κ3) is 2.65. The summed E-state index contributed by atoms with van der Waals surface area (Å²) in [5.41, 5.74) is 7.30. The van der Waals surface area contributed by atoms with Gasteiger partial charge in [-0.05, 0) is 43.4 Å². The van der Waals surface area contributed by atoms with E-state index in [1.54, 1.807) is 24.3 Å². The Morgan fingerprint density at radius 1 is 1.30 bits per heavy atom. The number of benzene rings is 1. The van der Waals surface area contributed by atoms with Gasteiger partial charge in [0.25, 0.3) is 0 Å². The van der Waals surface area contributed by atoms with Gasteiger partial charge in [-0.1, -0.05) is 6.42 Å². The van der Waals surface area contributed by atoms with E-state index in [1.807, 2.05) is 0 Å². The maximum atomic E-state index is 12.4. The second kappa shape index (κ2) is 5.49. The molecule has 1 aliphatic carbocycles. The predicted octanol–water partition coefficient (Wildman–Crippen LogP) is 2.00. The van der Waals surface area contributed by atoms with Crippen molar-refractivity contribution in [1.82, 2.24) is 9.88 Å². The summed E-state index contributed by atoms with van der Waals surface area (Å²) in [4.78, 5) is 29.5. The molecule has 2 fully saturated rings. The lowest BCUT2D eigenvalue weighted by molar-refractivity contribution is 0.100. The van der Waals surface area contributed by atoms with Crippen molar-refractivity contribution in [1.29, 1.82) is 0 Å². The molecule has 5 nitrogen and oxygen atoms in total. The van der Waals surface area contributed by atoms with Gasteiger partial charge in [-0.25, -0.2) is 0 Å². The molecule has 23 heavy (non-hydrogen) atoms. The number of nitrogens with one attached hydrogen (secondary N) is 1. The molecule has 4 rings (SSSR count). The molecule has 1 saturated heterocycles. The van der Waals surface area contributed by atoms with Crippen LogP contribution < -0.4 is 11.2 Å². The Labute approximate surface area is 134 Å². The number of nitrogens with zero attached hydrogens (tertiary/aromatic N) is 1. The van der Waals surface area contributed by atoms with Gasteiger partial charge in [0, 0.05) is 47.4 Å². The van der Waals surface area contributed by atoms with E-state index < -0.39 is 5.91 Å². The molecule has 1 saturated carbocycles. The summed E-state index contributed by atoms with van der Waals surface area (Å²) in [6.07, 6.45) is 5.25. The van der Waals surface area contributed by atoms with Gasteiger partial charge in [-0.3, -0.25) is 14.5 Å². The van der Waals surface area contributed by atoms with Crippen LogP contribution in [0.3, 0.4) is 0 Å². The molecule has 1 amide bonds. The van der Waals surface area contributed by atoms with Crippen molar-refractivity contribution in [3.8, 4) is 0 Å². The number of nitrogens with two attached hydrogens (primary N) is 1. The van der Waals surface area contributed by atoms with Gasteiger partial charge < -0.3 is 10.7 Å². The van der Waals surface area contributed by atoms with Gasteiger partial charge in [-0.2, -0.15) is 0 Å². The Morgan fingerprint density at radius 3 is 2.96 bits per heavy atom. The Bertz CT molecular complexity index is 827. The Hall–Kier alpha value is -2.14. The first-order valence-electron chi connectivity index (χ1n) is 8.30. The number of primary amides is 1. The second-order valence-electron chi connectivity index (χ2n) is 6.90. The lowest BCUT2D eigenvalue weighted by Crippen LogP contribution is -2.29. The number of aromatic nitrogens is 1. The minimum Gasteiger partial charge on any atom is -0.366 e. The molecular formula is C18H21N3O2. The van der Waals surface area contributed by atoms with Crippen LogP contribution in [-0.2, 0) is 6.54 Å². The summed E-state index contributed by atoms with van der Waals surface area (Å²) >= 11 is 0. The zero-order valence-corrected chi connectivity index (χ0v) is 13.0. The molecule has 2 bridgehead atoms. The Balaban J connectivity index is 1.65. The van der Waals surface area contributed by atoms with Crippen molar-refractivity contribution in [3.63, 3.8) is 0 Å². The molecule has 5 heteroatoms. The van der Waals surface area contributed by atoms with Crippen LogP contribution in [0.25, 0.3) is 10.9 Å². The first-order chi connectivity index (χ1) is 11.1. The first-order valence-corrected chi connectivity index (χ1v) is 8.30. The van der Waals surface area contributed by atoms with E-state index in [1.165, 1.54) is 25.7 Å². The fraction of sp³-hybridized carbons (Fsp3) is 0.444. The number of fused-ring (bicyclic) bond motifs is 3. The highest BCUT2D eigenvalue weighted by Crippen LogP contribution is 2.35. The number of carbonyl (C=O) groups excluding carboxylic acids is 1. The van der Waals surface area contributed by atoms with Crippen LogP contribution in [0.2, 0.25) is 0 Å². The van der Waals surface area contributed by atoms with E-state index in [0.29, 0.717) is 17.0 Å². The number of amides is 1. The zero-order valence-electron chi connectivity index (χ0n) is 13.0. The quantitative estimate of drug-likeness (QED) is 0.910. The van der Waals surface area contributed by atoms with Gasteiger partial charge in [0.05, 0.1) is 0 Å². The summed E-state index contributed by atoms with van der Waals surface area (Å²) in [5.74, 6) is 0.318. The summed E-state index contributed by atoms with van der Waals surface area (Å²) in [6.45, 7) is 1.94. The van der Waals surface area contributed by atoms with Gasteiger partial charge in [-0.15, -0.1) is 0 Å². The van der Waals surface area contributed by atoms with Crippen LogP contribution in [0, 0.1) is 5.92 Å². The number of H-pyrrole nitrogens is 1.